The quantitative estimate of drug-likeness (QED) is 0.565. The average molecular weight is 450 g/mol. The minimum Gasteiger partial charge on any atom is -0.489 e. The highest BCUT2D eigenvalue weighted by Gasteiger charge is 2.19. The number of hydrogen-bond donors (Lipinski definition) is 1. The number of pyridine rings is 1. The summed E-state index contributed by atoms with van der Waals surface area (Å²) in [5.74, 6) is 0.814. The molecule has 0 spiro atoms. The molecule has 0 saturated heterocycles. The van der Waals surface area contributed by atoms with Gasteiger partial charge >= 0.3 is 6.09 Å². The molecule has 8 heteroatoms. The van der Waals surface area contributed by atoms with E-state index in [1.54, 1.807) is 11.7 Å². The molecule has 0 unspecified atom stereocenters. The molecular weight excluding hydrogens is 418 g/mol. The van der Waals surface area contributed by atoms with E-state index in [9.17, 15) is 4.79 Å². The van der Waals surface area contributed by atoms with Gasteiger partial charge in [-0.3, -0.25) is 0 Å². The Morgan fingerprint density at radius 2 is 1.97 bits per heavy atom. The van der Waals surface area contributed by atoms with Crippen molar-refractivity contribution in [1.82, 2.24) is 25.3 Å². The predicted octanol–water partition coefficient (Wildman–Crippen LogP) is 4.63. The van der Waals surface area contributed by atoms with Crippen LogP contribution in [0, 0.1) is 13.8 Å². The molecule has 0 atom stereocenters. The van der Waals surface area contributed by atoms with Crippen LogP contribution in [0.4, 0.5) is 4.79 Å². The van der Waals surface area contributed by atoms with Crippen LogP contribution in [0.25, 0.3) is 11.4 Å². The van der Waals surface area contributed by atoms with E-state index in [1.165, 1.54) is 19.3 Å². The molecular formula is C25H31N5O3. The molecule has 1 fully saturated rings. The second kappa shape index (κ2) is 10.5. The number of hydrogen-bond acceptors (Lipinski definition) is 6. The summed E-state index contributed by atoms with van der Waals surface area (Å²) in [6.07, 6.45) is 5.70. The molecule has 33 heavy (non-hydrogen) atoms. The Bertz CT molecular complexity index is 1110. The second-order valence-corrected chi connectivity index (χ2v) is 8.58. The van der Waals surface area contributed by atoms with Crippen LogP contribution < -0.4 is 10.1 Å². The van der Waals surface area contributed by atoms with Crippen LogP contribution in [0.5, 0.6) is 5.75 Å². The van der Waals surface area contributed by atoms with Crippen molar-refractivity contribution < 1.29 is 14.3 Å². The largest absolute Gasteiger partial charge is 0.489 e. The van der Waals surface area contributed by atoms with Crippen LogP contribution in [0.1, 0.15) is 54.6 Å². The normalized spacial score (nSPS) is 14.2. The Kier molecular flexibility index (Phi) is 7.22. The van der Waals surface area contributed by atoms with Crippen molar-refractivity contribution >= 4 is 6.09 Å². The summed E-state index contributed by atoms with van der Waals surface area (Å²) in [7, 11) is 1.79. The van der Waals surface area contributed by atoms with Crippen LogP contribution in [0.15, 0.2) is 36.4 Å². The predicted molar refractivity (Wildman–Crippen MR) is 125 cm³/mol. The van der Waals surface area contributed by atoms with Gasteiger partial charge in [-0.15, -0.1) is 5.10 Å². The number of nitrogens with zero attached hydrogens (tertiary/aromatic N) is 4. The highest BCUT2D eigenvalue weighted by Crippen LogP contribution is 2.28. The van der Waals surface area contributed by atoms with Gasteiger partial charge in [-0.2, -0.15) is 0 Å². The lowest BCUT2D eigenvalue weighted by molar-refractivity contribution is 0.139. The highest BCUT2D eigenvalue weighted by molar-refractivity contribution is 5.68. The standard InChI is InChI=1S/C25H31N5O3/c1-17-8-7-9-19(14-17)16-32-25(31)26-15-22-24(28-29-30(22)3)21-12-13-23(18(2)27-21)33-20-10-5-4-6-11-20/h7-9,12-14,20H,4-6,10-11,15-16H2,1-3H3,(H,26,31). The lowest BCUT2D eigenvalue weighted by atomic mass is 9.98. The number of nitrogens with one attached hydrogen (secondary N) is 1. The molecule has 174 valence electrons. The number of ether oxygens (including phenoxy) is 2. The Morgan fingerprint density at radius 1 is 1.15 bits per heavy atom. The summed E-state index contributed by atoms with van der Waals surface area (Å²) in [6.45, 7) is 4.39. The molecule has 1 aliphatic rings. The first-order chi connectivity index (χ1) is 16.0. The molecule has 2 heterocycles. The van der Waals surface area contributed by atoms with E-state index >= 15 is 0 Å². The van der Waals surface area contributed by atoms with Crippen molar-refractivity contribution in [1.29, 1.82) is 0 Å². The van der Waals surface area contributed by atoms with Crippen LogP contribution in [-0.4, -0.2) is 32.2 Å². The third-order valence-corrected chi connectivity index (χ3v) is 5.92. The molecule has 0 radical (unpaired) electrons. The Hall–Kier alpha value is -3.42. The number of rotatable bonds is 7. The summed E-state index contributed by atoms with van der Waals surface area (Å²) < 4.78 is 13.2. The van der Waals surface area contributed by atoms with Gasteiger partial charge in [0.1, 0.15) is 18.1 Å². The zero-order valence-corrected chi connectivity index (χ0v) is 19.5. The lowest BCUT2D eigenvalue weighted by Crippen LogP contribution is -2.25. The fourth-order valence-electron chi connectivity index (χ4n) is 4.10. The number of amides is 1. The maximum absolute atomic E-state index is 12.2. The molecule has 4 rings (SSSR count). The van der Waals surface area contributed by atoms with Gasteiger partial charge in [0.2, 0.25) is 0 Å². The van der Waals surface area contributed by atoms with Crippen molar-refractivity contribution in [2.24, 2.45) is 7.05 Å². The van der Waals surface area contributed by atoms with Crippen LogP contribution in [0.3, 0.4) is 0 Å². The van der Waals surface area contributed by atoms with Crippen LogP contribution in [0.2, 0.25) is 0 Å². The Labute approximate surface area is 194 Å². The fourth-order valence-corrected chi connectivity index (χ4v) is 4.10. The molecule has 1 aromatic carbocycles. The van der Waals surface area contributed by atoms with Crippen molar-refractivity contribution in [3.8, 4) is 17.1 Å². The summed E-state index contributed by atoms with van der Waals surface area (Å²) in [4.78, 5) is 16.9. The van der Waals surface area contributed by atoms with Crippen molar-refractivity contribution in [3.63, 3.8) is 0 Å². The minimum absolute atomic E-state index is 0.215. The smallest absolute Gasteiger partial charge is 0.407 e. The number of benzene rings is 1. The number of carbonyl (C=O) groups excluding carboxylic acids is 1. The van der Waals surface area contributed by atoms with Gasteiger partial charge in [0.25, 0.3) is 0 Å². The van der Waals surface area contributed by atoms with Gasteiger partial charge < -0.3 is 14.8 Å². The van der Waals surface area contributed by atoms with Gasteiger partial charge in [-0.1, -0.05) is 41.5 Å². The van der Waals surface area contributed by atoms with Crippen LogP contribution >= 0.6 is 0 Å². The van der Waals surface area contributed by atoms with Gasteiger partial charge in [-0.05, 0) is 57.2 Å². The SMILES string of the molecule is Cc1cccc(COC(=O)NCc2c(-c3ccc(OC4CCCCC4)c(C)n3)nnn2C)c1. The van der Waals surface area contributed by atoms with Gasteiger partial charge in [0, 0.05) is 7.05 Å². The van der Waals surface area contributed by atoms with E-state index in [4.69, 9.17) is 14.5 Å². The van der Waals surface area contributed by atoms with Crippen molar-refractivity contribution in [2.45, 2.75) is 65.2 Å². The summed E-state index contributed by atoms with van der Waals surface area (Å²) >= 11 is 0. The molecule has 0 bridgehead atoms. The van der Waals surface area contributed by atoms with E-state index in [0.29, 0.717) is 11.4 Å². The maximum atomic E-state index is 12.2. The van der Waals surface area contributed by atoms with Gasteiger partial charge in [0.15, 0.2) is 0 Å². The zero-order chi connectivity index (χ0) is 23.2. The highest BCUT2D eigenvalue weighted by atomic mass is 16.5. The first kappa shape index (κ1) is 22.8. The number of aromatic nitrogens is 4. The van der Waals surface area contributed by atoms with Crippen molar-refractivity contribution in [3.05, 3.63) is 58.9 Å². The first-order valence-electron chi connectivity index (χ1n) is 11.5. The average Bonchev–Trinajstić information content (AvgIpc) is 3.18. The van der Waals surface area contributed by atoms with Gasteiger partial charge in [0.05, 0.1) is 29.7 Å². The molecule has 2 aromatic heterocycles. The zero-order valence-electron chi connectivity index (χ0n) is 19.5. The Morgan fingerprint density at radius 3 is 2.73 bits per heavy atom. The summed E-state index contributed by atoms with van der Waals surface area (Å²) in [5.41, 5.74) is 4.96. The molecule has 1 amide bonds. The van der Waals surface area contributed by atoms with E-state index < -0.39 is 6.09 Å². The lowest BCUT2D eigenvalue weighted by Gasteiger charge is -2.23. The second-order valence-electron chi connectivity index (χ2n) is 8.58. The van der Waals surface area contributed by atoms with Crippen LogP contribution in [-0.2, 0) is 24.9 Å². The minimum atomic E-state index is -0.496. The van der Waals surface area contributed by atoms with E-state index in [-0.39, 0.29) is 19.3 Å². The monoisotopic (exact) mass is 449 g/mol. The maximum Gasteiger partial charge on any atom is 0.407 e. The molecule has 8 nitrogen and oxygen atoms in total. The topological polar surface area (TPSA) is 91.2 Å². The van der Waals surface area contributed by atoms with Gasteiger partial charge in [-0.25, -0.2) is 14.5 Å². The number of aryl methyl sites for hydroxylation is 3. The van der Waals surface area contributed by atoms with E-state index in [2.05, 4.69) is 15.6 Å². The third kappa shape index (κ3) is 5.88. The number of carbonyl (C=O) groups is 1. The van der Waals surface area contributed by atoms with Crippen molar-refractivity contribution in [2.75, 3.05) is 0 Å². The first-order valence-corrected chi connectivity index (χ1v) is 11.5. The summed E-state index contributed by atoms with van der Waals surface area (Å²) in [5, 5.41) is 11.2. The Balaban J connectivity index is 1.38. The van der Waals surface area contributed by atoms with E-state index in [1.807, 2.05) is 50.2 Å². The third-order valence-electron chi connectivity index (χ3n) is 5.92. The molecule has 3 aromatic rings. The molecule has 1 N–H and O–H groups in total. The molecule has 1 saturated carbocycles. The fraction of sp³-hybridized carbons (Fsp3) is 0.440. The molecule has 1 aliphatic carbocycles. The summed E-state index contributed by atoms with van der Waals surface area (Å²) in [6, 6.07) is 11.7. The molecule has 0 aliphatic heterocycles. The van der Waals surface area contributed by atoms with E-state index in [0.717, 1.165) is 41.1 Å². The number of alkyl carbamates (subject to hydrolysis) is 1.